The minimum atomic E-state index is -1.60. The summed E-state index contributed by atoms with van der Waals surface area (Å²) in [4.78, 5) is 44.8. The third kappa shape index (κ3) is 3.05. The predicted molar refractivity (Wildman–Crippen MR) is 142 cm³/mol. The topological polar surface area (TPSA) is 82.1 Å². The molecular formula is C31H27NO6. The lowest BCUT2D eigenvalue weighted by molar-refractivity contribution is -0.145. The number of anilines is 1. The number of ketones is 2. The maximum atomic E-state index is 14.5. The average molecular weight is 510 g/mol. The Bertz CT molecular complexity index is 1470. The molecule has 3 aliphatic rings. The van der Waals surface area contributed by atoms with E-state index in [1.54, 1.807) is 56.5 Å². The van der Waals surface area contributed by atoms with Gasteiger partial charge in [-0.2, -0.15) is 0 Å². The van der Waals surface area contributed by atoms with Crippen molar-refractivity contribution in [1.29, 1.82) is 0 Å². The highest BCUT2D eigenvalue weighted by Crippen LogP contribution is 2.61. The second-order valence-corrected chi connectivity index (χ2v) is 9.63. The standard InChI is InChI=1S/C31H27NO6/c1-4-38-30(35)27-26(22-15-14-19(36-2)17-24(22)37-3)31(28(33)20-10-6-7-11-21(20)29(31)34)25-16-13-18-9-5-8-12-23(18)32(25)27/h5-17,25-27H,4H2,1-3H3. The molecule has 3 aromatic carbocycles. The molecule has 0 saturated carbocycles. The highest BCUT2D eigenvalue weighted by Gasteiger charge is 2.72. The summed E-state index contributed by atoms with van der Waals surface area (Å²) >= 11 is 0. The first-order valence-electron chi connectivity index (χ1n) is 12.6. The summed E-state index contributed by atoms with van der Waals surface area (Å²) in [5.41, 5.74) is 1.36. The molecule has 192 valence electrons. The molecule has 6 rings (SSSR count). The number of benzene rings is 3. The van der Waals surface area contributed by atoms with E-state index in [2.05, 4.69) is 0 Å². The quantitative estimate of drug-likeness (QED) is 0.364. The molecular weight excluding hydrogens is 482 g/mol. The van der Waals surface area contributed by atoms with Gasteiger partial charge in [-0.15, -0.1) is 0 Å². The summed E-state index contributed by atoms with van der Waals surface area (Å²) in [6.07, 6.45) is 3.81. The Morgan fingerprint density at radius 2 is 1.61 bits per heavy atom. The van der Waals surface area contributed by atoms with Gasteiger partial charge in [0.25, 0.3) is 0 Å². The van der Waals surface area contributed by atoms with Crippen molar-refractivity contribution in [3.05, 3.63) is 95.1 Å². The maximum Gasteiger partial charge on any atom is 0.329 e. The molecule has 3 aromatic rings. The van der Waals surface area contributed by atoms with Crippen LogP contribution in [0.3, 0.4) is 0 Å². The first-order valence-corrected chi connectivity index (χ1v) is 12.6. The van der Waals surface area contributed by atoms with Crippen molar-refractivity contribution in [2.45, 2.75) is 24.9 Å². The highest BCUT2D eigenvalue weighted by molar-refractivity contribution is 6.32. The van der Waals surface area contributed by atoms with Crippen LogP contribution in [0.5, 0.6) is 11.5 Å². The third-order valence-corrected chi connectivity index (χ3v) is 8.02. The third-order valence-electron chi connectivity index (χ3n) is 8.02. The van der Waals surface area contributed by atoms with E-state index in [-0.39, 0.29) is 18.2 Å². The number of fused-ring (bicyclic) bond motifs is 5. The summed E-state index contributed by atoms with van der Waals surface area (Å²) in [5.74, 6) is -1.01. The molecule has 7 nitrogen and oxygen atoms in total. The lowest BCUT2D eigenvalue weighted by Gasteiger charge is -2.36. The van der Waals surface area contributed by atoms with E-state index in [1.165, 1.54) is 7.11 Å². The van der Waals surface area contributed by atoms with Gasteiger partial charge in [-0.1, -0.05) is 60.7 Å². The van der Waals surface area contributed by atoms with Gasteiger partial charge in [0.1, 0.15) is 23.0 Å². The molecule has 0 N–H and O–H groups in total. The smallest absolute Gasteiger partial charge is 0.329 e. The van der Waals surface area contributed by atoms with Gasteiger partial charge < -0.3 is 19.1 Å². The molecule has 0 amide bonds. The molecule has 1 saturated heterocycles. The summed E-state index contributed by atoms with van der Waals surface area (Å²) < 4.78 is 16.8. The van der Waals surface area contributed by atoms with Crippen LogP contribution in [-0.2, 0) is 9.53 Å². The van der Waals surface area contributed by atoms with Gasteiger partial charge in [0, 0.05) is 34.4 Å². The number of hydrogen-bond donors (Lipinski definition) is 0. The summed E-state index contributed by atoms with van der Waals surface area (Å²) in [5, 5.41) is 0. The number of nitrogens with zero attached hydrogens (tertiary/aromatic N) is 1. The number of hydrogen-bond acceptors (Lipinski definition) is 7. The van der Waals surface area contributed by atoms with E-state index < -0.39 is 29.4 Å². The Morgan fingerprint density at radius 1 is 0.921 bits per heavy atom. The monoisotopic (exact) mass is 509 g/mol. The summed E-state index contributed by atoms with van der Waals surface area (Å²) in [6.45, 7) is 1.90. The second kappa shape index (κ2) is 8.87. The van der Waals surface area contributed by atoms with E-state index in [4.69, 9.17) is 14.2 Å². The predicted octanol–water partition coefficient (Wildman–Crippen LogP) is 4.70. The molecule has 2 heterocycles. The van der Waals surface area contributed by atoms with Crippen molar-refractivity contribution in [3.8, 4) is 11.5 Å². The number of methoxy groups -OCH3 is 2. The fourth-order valence-electron chi connectivity index (χ4n) is 6.54. The van der Waals surface area contributed by atoms with Crippen LogP contribution in [0, 0.1) is 5.41 Å². The van der Waals surface area contributed by atoms with Crippen LogP contribution in [0.4, 0.5) is 5.69 Å². The first kappa shape index (κ1) is 24.0. The van der Waals surface area contributed by atoms with E-state index in [0.717, 1.165) is 11.3 Å². The van der Waals surface area contributed by atoms with Gasteiger partial charge in [-0.25, -0.2) is 4.79 Å². The molecule has 2 aliphatic heterocycles. The van der Waals surface area contributed by atoms with Gasteiger partial charge in [0.2, 0.25) is 0 Å². The number of Topliss-reactive ketones (excluding diaryl/α,β-unsaturated/α-hetero) is 2. The average Bonchev–Trinajstić information content (AvgIpc) is 3.39. The highest BCUT2D eigenvalue weighted by atomic mass is 16.5. The van der Waals surface area contributed by atoms with Gasteiger partial charge in [-0.05, 0) is 24.6 Å². The Hall–Kier alpha value is -4.39. The number of para-hydroxylation sites is 1. The van der Waals surface area contributed by atoms with Crippen molar-refractivity contribution >= 4 is 29.3 Å². The molecule has 7 heteroatoms. The number of carbonyl (C=O) groups is 3. The zero-order valence-corrected chi connectivity index (χ0v) is 21.3. The van der Waals surface area contributed by atoms with Crippen LogP contribution >= 0.6 is 0 Å². The van der Waals surface area contributed by atoms with Crippen LogP contribution < -0.4 is 14.4 Å². The Labute approximate surface area is 220 Å². The molecule has 38 heavy (non-hydrogen) atoms. The van der Waals surface area contributed by atoms with Gasteiger partial charge in [0.15, 0.2) is 11.6 Å². The minimum Gasteiger partial charge on any atom is -0.497 e. The molecule has 0 aromatic heterocycles. The zero-order valence-electron chi connectivity index (χ0n) is 21.3. The molecule has 1 aliphatic carbocycles. The van der Waals surface area contributed by atoms with Crippen LogP contribution in [0.15, 0.2) is 72.8 Å². The molecule has 1 spiro atoms. The van der Waals surface area contributed by atoms with Gasteiger partial charge in [0.05, 0.1) is 26.9 Å². The fraction of sp³-hybridized carbons (Fsp3) is 0.258. The van der Waals surface area contributed by atoms with E-state index in [9.17, 15) is 14.4 Å². The normalized spacial score (nSPS) is 22.2. The van der Waals surface area contributed by atoms with Crippen molar-refractivity contribution in [2.75, 3.05) is 25.7 Å². The summed E-state index contributed by atoms with van der Waals surface area (Å²) in [7, 11) is 3.07. The largest absolute Gasteiger partial charge is 0.497 e. The van der Waals surface area contributed by atoms with Crippen LogP contribution in [0.25, 0.3) is 6.08 Å². The van der Waals surface area contributed by atoms with E-state index in [1.807, 2.05) is 41.3 Å². The second-order valence-electron chi connectivity index (χ2n) is 9.63. The molecule has 3 atom stereocenters. The molecule has 3 unspecified atom stereocenters. The number of ether oxygens (including phenoxy) is 3. The van der Waals surface area contributed by atoms with Crippen LogP contribution in [-0.4, -0.2) is 50.4 Å². The first-order chi connectivity index (χ1) is 18.5. The molecule has 1 fully saturated rings. The SMILES string of the molecule is CCOC(=O)C1C(c2ccc(OC)cc2OC)C2(C(=O)c3ccccc3C2=O)C2C=Cc3ccccc3N12. The van der Waals surface area contributed by atoms with Gasteiger partial charge in [-0.3, -0.25) is 9.59 Å². The van der Waals surface area contributed by atoms with Crippen molar-refractivity contribution in [3.63, 3.8) is 0 Å². The zero-order chi connectivity index (χ0) is 26.6. The van der Waals surface area contributed by atoms with Crippen LogP contribution in [0.2, 0.25) is 0 Å². The van der Waals surface area contributed by atoms with E-state index in [0.29, 0.717) is 28.2 Å². The number of esters is 1. The summed E-state index contributed by atoms with van der Waals surface area (Å²) in [6, 6.07) is 18.1. The number of rotatable bonds is 5. The Balaban J connectivity index is 1.69. The molecule has 0 bridgehead atoms. The molecule has 0 radical (unpaired) electrons. The van der Waals surface area contributed by atoms with Crippen LogP contribution in [0.1, 0.15) is 44.7 Å². The lowest BCUT2D eigenvalue weighted by Crippen LogP contribution is -2.48. The fourth-order valence-corrected chi connectivity index (χ4v) is 6.54. The lowest BCUT2D eigenvalue weighted by atomic mass is 9.64. The van der Waals surface area contributed by atoms with Gasteiger partial charge >= 0.3 is 5.97 Å². The van der Waals surface area contributed by atoms with Crippen molar-refractivity contribution in [2.24, 2.45) is 5.41 Å². The number of carbonyl (C=O) groups excluding carboxylic acids is 3. The van der Waals surface area contributed by atoms with E-state index >= 15 is 0 Å². The Kier molecular flexibility index (Phi) is 5.60. The Morgan fingerprint density at radius 3 is 2.26 bits per heavy atom. The maximum absolute atomic E-state index is 14.5. The van der Waals surface area contributed by atoms with Crippen molar-refractivity contribution in [1.82, 2.24) is 0 Å². The minimum absolute atomic E-state index is 0.160. The van der Waals surface area contributed by atoms with Crippen molar-refractivity contribution < 1.29 is 28.6 Å².